The SMILES string of the molecule is Cc1nccn1-c1cc(Nc2ccc(NC(=O)c3cc(=O)c4ccccc4o3)cc2)ncn1. The first-order chi connectivity index (χ1) is 16.1. The summed E-state index contributed by atoms with van der Waals surface area (Å²) in [6.45, 7) is 1.89. The molecular weight excluding hydrogens is 420 g/mol. The molecule has 1 amide bonds. The van der Waals surface area contributed by atoms with Crippen LogP contribution in [0.3, 0.4) is 0 Å². The van der Waals surface area contributed by atoms with E-state index in [0.29, 0.717) is 28.3 Å². The van der Waals surface area contributed by atoms with Gasteiger partial charge in [-0.25, -0.2) is 15.0 Å². The summed E-state index contributed by atoms with van der Waals surface area (Å²) in [5, 5.41) is 6.38. The number of hydrogen-bond acceptors (Lipinski definition) is 7. The van der Waals surface area contributed by atoms with Gasteiger partial charge in [-0.05, 0) is 43.3 Å². The lowest BCUT2D eigenvalue weighted by Crippen LogP contribution is -2.14. The number of nitrogens with one attached hydrogen (secondary N) is 2. The first-order valence-electron chi connectivity index (χ1n) is 10.1. The molecule has 3 aromatic heterocycles. The fraction of sp³-hybridized carbons (Fsp3) is 0.0417. The molecule has 0 spiro atoms. The van der Waals surface area contributed by atoms with Gasteiger partial charge in [0.2, 0.25) is 0 Å². The number of para-hydroxylation sites is 1. The van der Waals surface area contributed by atoms with Crippen molar-refractivity contribution in [1.29, 1.82) is 0 Å². The lowest BCUT2D eigenvalue weighted by molar-refractivity contribution is 0.0997. The maximum absolute atomic E-state index is 12.6. The fourth-order valence-corrected chi connectivity index (χ4v) is 3.36. The third kappa shape index (κ3) is 4.19. The lowest BCUT2D eigenvalue weighted by atomic mass is 10.2. The average Bonchev–Trinajstić information content (AvgIpc) is 3.26. The molecule has 3 heterocycles. The van der Waals surface area contributed by atoms with Crippen LogP contribution in [-0.2, 0) is 0 Å². The molecule has 0 aliphatic carbocycles. The molecule has 0 atom stereocenters. The number of benzene rings is 2. The Kier molecular flexibility index (Phi) is 5.12. The van der Waals surface area contributed by atoms with E-state index in [0.717, 1.165) is 11.5 Å². The third-order valence-electron chi connectivity index (χ3n) is 5.00. The van der Waals surface area contributed by atoms with Gasteiger partial charge < -0.3 is 15.1 Å². The van der Waals surface area contributed by atoms with Crippen LogP contribution >= 0.6 is 0 Å². The van der Waals surface area contributed by atoms with Crippen LogP contribution in [-0.4, -0.2) is 25.4 Å². The van der Waals surface area contributed by atoms with Gasteiger partial charge >= 0.3 is 0 Å². The van der Waals surface area contributed by atoms with Crippen LogP contribution < -0.4 is 16.1 Å². The molecular formula is C24H18N6O3. The number of anilines is 3. The molecule has 0 fully saturated rings. The molecule has 0 saturated heterocycles. The van der Waals surface area contributed by atoms with E-state index in [2.05, 4.69) is 25.6 Å². The topological polar surface area (TPSA) is 115 Å². The third-order valence-corrected chi connectivity index (χ3v) is 5.00. The van der Waals surface area contributed by atoms with E-state index in [9.17, 15) is 9.59 Å². The Labute approximate surface area is 187 Å². The summed E-state index contributed by atoms with van der Waals surface area (Å²) in [5.41, 5.74) is 1.43. The van der Waals surface area contributed by atoms with Crippen LogP contribution in [0.4, 0.5) is 17.2 Å². The number of aromatic nitrogens is 4. The largest absolute Gasteiger partial charge is 0.451 e. The zero-order valence-corrected chi connectivity index (χ0v) is 17.5. The normalized spacial score (nSPS) is 10.8. The van der Waals surface area contributed by atoms with Gasteiger partial charge in [0.05, 0.1) is 5.39 Å². The highest BCUT2D eigenvalue weighted by Gasteiger charge is 2.12. The number of carbonyl (C=O) groups excluding carboxylic acids is 1. The van der Waals surface area contributed by atoms with Gasteiger partial charge in [0.1, 0.15) is 29.4 Å². The summed E-state index contributed by atoms with van der Waals surface area (Å²) in [5.74, 6) is 1.58. The van der Waals surface area contributed by atoms with Gasteiger partial charge in [0, 0.05) is 35.9 Å². The van der Waals surface area contributed by atoms with E-state index >= 15 is 0 Å². The summed E-state index contributed by atoms with van der Waals surface area (Å²) in [6.07, 6.45) is 5.01. The maximum Gasteiger partial charge on any atom is 0.291 e. The van der Waals surface area contributed by atoms with Crippen molar-refractivity contribution in [2.24, 2.45) is 0 Å². The van der Waals surface area contributed by atoms with Crippen molar-refractivity contribution in [2.75, 3.05) is 10.6 Å². The van der Waals surface area contributed by atoms with Crippen LogP contribution in [0.25, 0.3) is 16.8 Å². The number of amides is 1. The Bertz CT molecular complexity index is 1520. The van der Waals surface area contributed by atoms with E-state index in [4.69, 9.17) is 4.42 Å². The zero-order valence-electron chi connectivity index (χ0n) is 17.5. The monoisotopic (exact) mass is 438 g/mol. The molecule has 0 aliphatic heterocycles. The number of nitrogens with zero attached hydrogens (tertiary/aromatic N) is 4. The van der Waals surface area contributed by atoms with E-state index in [1.165, 1.54) is 12.4 Å². The minimum Gasteiger partial charge on any atom is -0.451 e. The molecule has 5 aromatic rings. The highest BCUT2D eigenvalue weighted by molar-refractivity contribution is 6.03. The molecule has 2 aromatic carbocycles. The summed E-state index contributed by atoms with van der Waals surface area (Å²) < 4.78 is 7.44. The smallest absolute Gasteiger partial charge is 0.291 e. The molecule has 2 N–H and O–H groups in total. The average molecular weight is 438 g/mol. The summed E-state index contributed by atoms with van der Waals surface area (Å²) in [6, 6.07) is 16.9. The Morgan fingerprint density at radius 2 is 1.76 bits per heavy atom. The minimum absolute atomic E-state index is 0.0517. The van der Waals surface area contributed by atoms with Crippen molar-refractivity contribution in [3.63, 3.8) is 0 Å². The van der Waals surface area contributed by atoms with E-state index in [-0.39, 0.29) is 11.2 Å². The predicted octanol–water partition coefficient (Wildman–Crippen LogP) is 4.07. The number of carbonyl (C=O) groups is 1. The van der Waals surface area contributed by atoms with Crippen LogP contribution in [0.1, 0.15) is 16.4 Å². The molecule has 5 rings (SSSR count). The molecule has 0 radical (unpaired) electrons. The van der Waals surface area contributed by atoms with Gasteiger partial charge in [-0.1, -0.05) is 12.1 Å². The number of rotatable bonds is 5. The second-order valence-corrected chi connectivity index (χ2v) is 7.23. The van der Waals surface area contributed by atoms with Gasteiger partial charge in [0.15, 0.2) is 11.2 Å². The Hall–Kier alpha value is -4.79. The van der Waals surface area contributed by atoms with E-state index < -0.39 is 5.91 Å². The van der Waals surface area contributed by atoms with Crippen LogP contribution in [0, 0.1) is 6.92 Å². The molecule has 0 saturated carbocycles. The number of aryl methyl sites for hydroxylation is 1. The summed E-state index contributed by atoms with van der Waals surface area (Å²) in [7, 11) is 0. The molecule has 9 nitrogen and oxygen atoms in total. The van der Waals surface area contributed by atoms with Gasteiger partial charge in [0.25, 0.3) is 5.91 Å². The van der Waals surface area contributed by atoms with Crippen LogP contribution in [0.2, 0.25) is 0 Å². The maximum atomic E-state index is 12.6. The van der Waals surface area contributed by atoms with Crippen molar-refractivity contribution < 1.29 is 9.21 Å². The standard InChI is InChI=1S/C24H18N6O3/c1-15-25-10-11-30(15)23-13-22(26-14-27-23)28-16-6-8-17(9-7-16)29-24(32)21-12-19(31)18-4-2-3-5-20(18)33-21/h2-14H,1H3,(H,29,32)(H,26,27,28). The Morgan fingerprint density at radius 3 is 2.55 bits per heavy atom. The molecule has 0 aliphatic rings. The van der Waals surface area contributed by atoms with E-state index in [1.807, 2.05) is 23.8 Å². The van der Waals surface area contributed by atoms with Gasteiger partial charge in [-0.3, -0.25) is 14.2 Å². The van der Waals surface area contributed by atoms with Crippen molar-refractivity contribution in [1.82, 2.24) is 19.5 Å². The highest BCUT2D eigenvalue weighted by Crippen LogP contribution is 2.20. The zero-order chi connectivity index (χ0) is 22.8. The number of imidazole rings is 1. The number of fused-ring (bicyclic) bond motifs is 1. The van der Waals surface area contributed by atoms with Crippen LogP contribution in [0.15, 0.2) is 88.6 Å². The van der Waals surface area contributed by atoms with Crippen LogP contribution in [0.5, 0.6) is 0 Å². The first kappa shape index (κ1) is 20.1. The summed E-state index contributed by atoms with van der Waals surface area (Å²) >= 11 is 0. The molecule has 0 bridgehead atoms. The van der Waals surface area contributed by atoms with Gasteiger partial charge in [-0.15, -0.1) is 0 Å². The quantitative estimate of drug-likeness (QED) is 0.425. The molecule has 33 heavy (non-hydrogen) atoms. The Morgan fingerprint density at radius 1 is 0.970 bits per heavy atom. The minimum atomic E-state index is -0.505. The lowest BCUT2D eigenvalue weighted by Gasteiger charge is -2.10. The molecule has 162 valence electrons. The number of hydrogen-bond donors (Lipinski definition) is 2. The van der Waals surface area contributed by atoms with Crippen molar-refractivity contribution in [3.8, 4) is 5.82 Å². The molecule has 9 heteroatoms. The summed E-state index contributed by atoms with van der Waals surface area (Å²) in [4.78, 5) is 37.5. The first-order valence-corrected chi connectivity index (χ1v) is 10.1. The second-order valence-electron chi connectivity index (χ2n) is 7.23. The second kappa shape index (κ2) is 8.39. The predicted molar refractivity (Wildman–Crippen MR) is 124 cm³/mol. The molecule has 0 unspecified atom stereocenters. The Balaban J connectivity index is 1.30. The van der Waals surface area contributed by atoms with Gasteiger partial charge in [-0.2, -0.15) is 0 Å². The highest BCUT2D eigenvalue weighted by atomic mass is 16.3. The van der Waals surface area contributed by atoms with E-state index in [1.54, 1.807) is 54.7 Å². The van der Waals surface area contributed by atoms with Crippen molar-refractivity contribution in [3.05, 3.63) is 101 Å². The van der Waals surface area contributed by atoms with Crippen molar-refractivity contribution >= 4 is 34.1 Å². The van der Waals surface area contributed by atoms with Crippen molar-refractivity contribution in [2.45, 2.75) is 6.92 Å². The fourth-order valence-electron chi connectivity index (χ4n) is 3.36.